The maximum absolute atomic E-state index is 12.0. The van der Waals surface area contributed by atoms with Gasteiger partial charge in [0, 0.05) is 37.0 Å². The van der Waals surface area contributed by atoms with Gasteiger partial charge in [-0.2, -0.15) is 0 Å². The smallest absolute Gasteiger partial charge is 0.266 e. The molecule has 7 heteroatoms. The fourth-order valence-corrected chi connectivity index (χ4v) is 3.22. The standard InChI is InChI=1S/C18H22N4O3/c1-12-4-2-3-5-15(12)22-7-6-13(11-22)10-19-16(23)8-14-9-17(24)20-21-18(14)25/h2-5,9,13H,6-8,10-11H2,1H3,(H,19,23)(H,20,24)(H,21,25)/t13-/m0/s1. The van der Waals surface area contributed by atoms with Gasteiger partial charge >= 0.3 is 0 Å². The first-order valence-corrected chi connectivity index (χ1v) is 8.41. The van der Waals surface area contributed by atoms with E-state index in [1.807, 2.05) is 12.1 Å². The number of hydrogen-bond donors (Lipinski definition) is 3. The van der Waals surface area contributed by atoms with Crippen LogP contribution in [-0.2, 0) is 11.2 Å². The minimum Gasteiger partial charge on any atom is -0.371 e. The molecule has 7 nitrogen and oxygen atoms in total. The Labute approximate surface area is 145 Å². The second-order valence-corrected chi connectivity index (χ2v) is 6.48. The highest BCUT2D eigenvalue weighted by Gasteiger charge is 2.24. The van der Waals surface area contributed by atoms with Crippen molar-refractivity contribution in [1.82, 2.24) is 15.5 Å². The highest BCUT2D eigenvalue weighted by atomic mass is 16.2. The van der Waals surface area contributed by atoms with Crippen LogP contribution < -0.4 is 21.3 Å². The van der Waals surface area contributed by atoms with Crippen LogP contribution in [-0.4, -0.2) is 35.7 Å². The minimum atomic E-state index is -0.443. The maximum Gasteiger partial charge on any atom is 0.266 e. The number of aromatic amines is 2. The van der Waals surface area contributed by atoms with Crippen LogP contribution in [0.2, 0.25) is 0 Å². The van der Waals surface area contributed by atoms with Crippen molar-refractivity contribution in [2.24, 2.45) is 5.92 Å². The third-order valence-electron chi connectivity index (χ3n) is 4.58. The van der Waals surface area contributed by atoms with Crippen molar-refractivity contribution in [3.63, 3.8) is 0 Å². The van der Waals surface area contributed by atoms with Crippen molar-refractivity contribution in [2.75, 3.05) is 24.5 Å². The second kappa shape index (κ2) is 7.38. The summed E-state index contributed by atoms with van der Waals surface area (Å²) in [5.74, 6) is 0.131. The van der Waals surface area contributed by atoms with Crippen molar-refractivity contribution in [1.29, 1.82) is 0 Å². The molecule has 132 valence electrons. The summed E-state index contributed by atoms with van der Waals surface area (Å²) in [6.45, 7) is 4.54. The molecule has 1 atom stereocenters. The summed E-state index contributed by atoms with van der Waals surface area (Å²) < 4.78 is 0. The zero-order chi connectivity index (χ0) is 17.8. The number of carbonyl (C=O) groups is 1. The van der Waals surface area contributed by atoms with Gasteiger partial charge in [-0.1, -0.05) is 18.2 Å². The summed E-state index contributed by atoms with van der Waals surface area (Å²) in [6, 6.07) is 9.45. The lowest BCUT2D eigenvalue weighted by molar-refractivity contribution is -0.120. The fraction of sp³-hybridized carbons (Fsp3) is 0.389. The third kappa shape index (κ3) is 4.17. The average molecular weight is 342 g/mol. The molecule has 0 aliphatic carbocycles. The Kier molecular flexibility index (Phi) is 5.02. The molecule has 3 N–H and O–H groups in total. The average Bonchev–Trinajstić information content (AvgIpc) is 3.05. The molecule has 25 heavy (non-hydrogen) atoms. The Bertz CT molecular complexity index is 871. The lowest BCUT2D eigenvalue weighted by atomic mass is 10.1. The lowest BCUT2D eigenvalue weighted by Crippen LogP contribution is -2.34. The molecule has 1 saturated heterocycles. The van der Waals surface area contributed by atoms with Crippen LogP contribution >= 0.6 is 0 Å². The molecule has 1 aromatic carbocycles. The van der Waals surface area contributed by atoms with Gasteiger partial charge in [0.25, 0.3) is 11.1 Å². The largest absolute Gasteiger partial charge is 0.371 e. The van der Waals surface area contributed by atoms with Crippen molar-refractivity contribution in [3.8, 4) is 0 Å². The number of nitrogens with zero attached hydrogens (tertiary/aromatic N) is 1. The van der Waals surface area contributed by atoms with Gasteiger partial charge in [-0.3, -0.25) is 24.6 Å². The van der Waals surface area contributed by atoms with Crippen molar-refractivity contribution >= 4 is 11.6 Å². The molecule has 1 aliphatic heterocycles. The van der Waals surface area contributed by atoms with E-state index in [0.29, 0.717) is 12.5 Å². The van der Waals surface area contributed by atoms with E-state index < -0.39 is 11.1 Å². The molecule has 0 saturated carbocycles. The molecule has 1 amide bonds. The quantitative estimate of drug-likeness (QED) is 0.739. The van der Waals surface area contributed by atoms with E-state index in [1.54, 1.807) is 0 Å². The van der Waals surface area contributed by atoms with Crippen LogP contribution in [0.1, 0.15) is 17.5 Å². The molecule has 0 unspecified atom stereocenters. The summed E-state index contributed by atoms with van der Waals surface area (Å²) in [5, 5.41) is 7.28. The Morgan fingerprint density at radius 3 is 2.88 bits per heavy atom. The van der Waals surface area contributed by atoms with Gasteiger partial charge in [-0.15, -0.1) is 0 Å². The molecule has 3 rings (SSSR count). The molecule has 1 aliphatic rings. The van der Waals surface area contributed by atoms with Gasteiger partial charge in [0.15, 0.2) is 0 Å². The molecule has 0 radical (unpaired) electrons. The summed E-state index contributed by atoms with van der Waals surface area (Å²) in [5.41, 5.74) is 1.80. The van der Waals surface area contributed by atoms with E-state index in [1.165, 1.54) is 11.3 Å². The molecule has 2 heterocycles. The monoisotopic (exact) mass is 342 g/mol. The summed E-state index contributed by atoms with van der Waals surface area (Å²) in [7, 11) is 0. The van der Waals surface area contributed by atoms with Gasteiger partial charge in [0.2, 0.25) is 5.91 Å². The minimum absolute atomic E-state index is 0.0898. The molecule has 2 aromatic rings. The molecule has 0 spiro atoms. The van der Waals surface area contributed by atoms with Crippen LogP contribution in [0, 0.1) is 12.8 Å². The van der Waals surface area contributed by atoms with Crippen LogP contribution in [0.4, 0.5) is 5.69 Å². The maximum atomic E-state index is 12.0. The first kappa shape index (κ1) is 17.0. The molecule has 1 fully saturated rings. The lowest BCUT2D eigenvalue weighted by Gasteiger charge is -2.21. The predicted molar refractivity (Wildman–Crippen MR) is 95.9 cm³/mol. The zero-order valence-corrected chi connectivity index (χ0v) is 14.2. The number of hydrogen-bond acceptors (Lipinski definition) is 4. The molecular formula is C18H22N4O3. The second-order valence-electron chi connectivity index (χ2n) is 6.48. The van der Waals surface area contributed by atoms with Gasteiger partial charge in [0.1, 0.15) is 0 Å². The van der Waals surface area contributed by atoms with Gasteiger partial charge in [-0.05, 0) is 30.9 Å². The zero-order valence-electron chi connectivity index (χ0n) is 14.2. The molecule has 1 aromatic heterocycles. The number of aryl methyl sites for hydroxylation is 1. The molecular weight excluding hydrogens is 320 g/mol. The van der Waals surface area contributed by atoms with E-state index in [4.69, 9.17) is 0 Å². The summed E-state index contributed by atoms with van der Waals surface area (Å²) in [4.78, 5) is 37.2. The number of carbonyl (C=O) groups excluding carboxylic acids is 1. The highest BCUT2D eigenvalue weighted by Crippen LogP contribution is 2.26. The SMILES string of the molecule is Cc1ccccc1N1CC[C@@H](CNC(=O)Cc2cc(=O)[nH][nH]c2=O)C1. The number of rotatable bonds is 5. The number of benzene rings is 1. The van der Waals surface area contributed by atoms with Crippen LogP contribution in [0.3, 0.4) is 0 Å². The number of anilines is 1. The fourth-order valence-electron chi connectivity index (χ4n) is 3.22. The van der Waals surface area contributed by atoms with E-state index in [-0.39, 0.29) is 17.9 Å². The van der Waals surface area contributed by atoms with Gasteiger partial charge in [-0.25, -0.2) is 0 Å². The normalized spacial score (nSPS) is 16.8. The Hall–Kier alpha value is -2.83. The Morgan fingerprint density at radius 1 is 1.28 bits per heavy atom. The Balaban J connectivity index is 1.52. The Morgan fingerprint density at radius 2 is 2.08 bits per heavy atom. The number of H-pyrrole nitrogens is 2. The highest BCUT2D eigenvalue weighted by molar-refractivity contribution is 5.78. The van der Waals surface area contributed by atoms with Crippen molar-refractivity contribution in [3.05, 3.63) is 62.2 Å². The third-order valence-corrected chi connectivity index (χ3v) is 4.58. The topological polar surface area (TPSA) is 98.1 Å². The van der Waals surface area contributed by atoms with Crippen LogP contribution in [0.15, 0.2) is 39.9 Å². The van der Waals surface area contributed by atoms with Crippen LogP contribution in [0.5, 0.6) is 0 Å². The summed E-state index contributed by atoms with van der Waals surface area (Å²) >= 11 is 0. The number of aromatic nitrogens is 2. The first-order chi connectivity index (χ1) is 12.0. The number of para-hydroxylation sites is 1. The van der Waals surface area contributed by atoms with Crippen molar-refractivity contribution < 1.29 is 4.79 Å². The van der Waals surface area contributed by atoms with Gasteiger partial charge in [0.05, 0.1) is 6.42 Å². The van der Waals surface area contributed by atoms with E-state index in [0.717, 1.165) is 25.6 Å². The van der Waals surface area contributed by atoms with E-state index >= 15 is 0 Å². The number of amides is 1. The number of nitrogens with one attached hydrogen (secondary N) is 3. The van der Waals surface area contributed by atoms with E-state index in [2.05, 4.69) is 39.5 Å². The van der Waals surface area contributed by atoms with Gasteiger partial charge < -0.3 is 10.2 Å². The van der Waals surface area contributed by atoms with Crippen molar-refractivity contribution in [2.45, 2.75) is 19.8 Å². The van der Waals surface area contributed by atoms with Crippen LogP contribution in [0.25, 0.3) is 0 Å². The van der Waals surface area contributed by atoms with E-state index in [9.17, 15) is 14.4 Å². The summed E-state index contributed by atoms with van der Waals surface area (Å²) in [6.07, 6.45) is 0.924. The predicted octanol–water partition coefficient (Wildman–Crippen LogP) is 0.557. The first-order valence-electron chi connectivity index (χ1n) is 8.41. The molecule has 0 bridgehead atoms.